The van der Waals surface area contributed by atoms with Crippen LogP contribution in [0.15, 0.2) is 42.0 Å². The average molecular weight is 334 g/mol. The molecule has 0 aromatic heterocycles. The van der Waals surface area contributed by atoms with Gasteiger partial charge in [-0.15, -0.1) is 0 Å². The first-order valence-corrected chi connectivity index (χ1v) is 8.71. The van der Waals surface area contributed by atoms with Crippen molar-refractivity contribution in [2.24, 2.45) is 0 Å². The molecule has 0 atom stereocenters. The number of anilines is 1. The number of aryl methyl sites for hydroxylation is 1. The maximum absolute atomic E-state index is 11.4. The van der Waals surface area contributed by atoms with E-state index in [1.165, 1.54) is 5.57 Å². The number of esters is 1. The highest BCUT2D eigenvalue weighted by Crippen LogP contribution is 2.16. The molecule has 0 spiro atoms. The third kappa shape index (κ3) is 11.5. The van der Waals surface area contributed by atoms with Crippen LogP contribution in [0.5, 0.6) is 0 Å². The lowest BCUT2D eigenvalue weighted by Gasteiger charge is -2.07. The fourth-order valence-electron chi connectivity index (χ4n) is 1.63. The minimum absolute atomic E-state index is 0.274. The second-order valence-electron chi connectivity index (χ2n) is 5.08. The van der Waals surface area contributed by atoms with Gasteiger partial charge in [0.1, 0.15) is 0 Å². The van der Waals surface area contributed by atoms with Crippen LogP contribution in [0, 0.1) is 6.92 Å². The van der Waals surface area contributed by atoms with Gasteiger partial charge in [0, 0.05) is 12.7 Å². The molecule has 24 heavy (non-hydrogen) atoms. The third-order valence-electron chi connectivity index (χ3n) is 2.82. The van der Waals surface area contributed by atoms with Gasteiger partial charge >= 0.3 is 5.97 Å². The summed E-state index contributed by atoms with van der Waals surface area (Å²) >= 11 is 0. The predicted octanol–water partition coefficient (Wildman–Crippen LogP) is 6.16. The van der Waals surface area contributed by atoms with Crippen molar-refractivity contribution in [1.29, 1.82) is 0 Å². The van der Waals surface area contributed by atoms with Crippen LogP contribution in [-0.2, 0) is 4.74 Å². The van der Waals surface area contributed by atoms with Crippen LogP contribution in [0.1, 0.15) is 63.9 Å². The van der Waals surface area contributed by atoms with E-state index in [-0.39, 0.29) is 5.97 Å². The van der Waals surface area contributed by atoms with Crippen LogP contribution in [0.25, 0.3) is 0 Å². The van der Waals surface area contributed by atoms with Gasteiger partial charge in [0.15, 0.2) is 0 Å². The molecule has 0 heterocycles. The highest BCUT2D eigenvalue weighted by molar-refractivity contribution is 5.90. The molecule has 0 bridgehead atoms. The second kappa shape index (κ2) is 15.9. The molecule has 0 amide bonds. The smallest absolute Gasteiger partial charge is 0.338 e. The summed E-state index contributed by atoms with van der Waals surface area (Å²) in [7, 11) is 1.83. The zero-order valence-electron chi connectivity index (χ0n) is 16.7. The van der Waals surface area contributed by atoms with Gasteiger partial charge in [0.25, 0.3) is 0 Å². The van der Waals surface area contributed by atoms with E-state index >= 15 is 0 Å². The second-order valence-corrected chi connectivity index (χ2v) is 5.08. The van der Waals surface area contributed by atoms with Crippen LogP contribution in [0.2, 0.25) is 0 Å². The number of hydrogen-bond acceptors (Lipinski definition) is 3. The monoisotopic (exact) mass is 333 g/mol. The Hall–Kier alpha value is -2.03. The van der Waals surface area contributed by atoms with Crippen molar-refractivity contribution in [1.82, 2.24) is 0 Å². The van der Waals surface area contributed by atoms with Crippen molar-refractivity contribution in [3.05, 3.63) is 53.1 Å². The van der Waals surface area contributed by atoms with E-state index in [0.29, 0.717) is 12.2 Å². The van der Waals surface area contributed by atoms with Crippen LogP contribution in [0.3, 0.4) is 0 Å². The van der Waals surface area contributed by atoms with E-state index in [1.54, 1.807) is 19.1 Å². The van der Waals surface area contributed by atoms with E-state index in [0.717, 1.165) is 17.7 Å². The number of ether oxygens (including phenoxy) is 1. The molecular weight excluding hydrogens is 298 g/mol. The number of nitrogens with one attached hydrogen (secondary N) is 1. The van der Waals surface area contributed by atoms with Gasteiger partial charge in [0.2, 0.25) is 0 Å². The Balaban J connectivity index is 0. The molecular formula is C21H35NO2. The topological polar surface area (TPSA) is 38.3 Å². The maximum atomic E-state index is 11.4. The van der Waals surface area contributed by atoms with Crippen molar-refractivity contribution in [3.63, 3.8) is 0 Å². The molecule has 1 aromatic carbocycles. The minimum atomic E-state index is -0.274. The highest BCUT2D eigenvalue weighted by Gasteiger charge is 2.07. The maximum Gasteiger partial charge on any atom is 0.338 e. The molecule has 0 aliphatic carbocycles. The molecule has 0 fully saturated rings. The van der Waals surface area contributed by atoms with Gasteiger partial charge in [-0.1, -0.05) is 50.6 Å². The van der Waals surface area contributed by atoms with E-state index in [1.807, 2.05) is 33.9 Å². The number of hydrogen-bond donors (Lipinski definition) is 1. The molecule has 0 aliphatic heterocycles. The molecule has 1 aromatic rings. The molecule has 0 unspecified atom stereocenters. The fraction of sp³-hybridized carbons (Fsp3) is 0.476. The van der Waals surface area contributed by atoms with Gasteiger partial charge < -0.3 is 10.1 Å². The lowest BCUT2D eigenvalue weighted by Crippen LogP contribution is -2.05. The summed E-state index contributed by atoms with van der Waals surface area (Å²) in [6, 6.07) is 5.47. The van der Waals surface area contributed by atoms with E-state index in [9.17, 15) is 4.79 Å². The zero-order valence-corrected chi connectivity index (χ0v) is 16.7. The Morgan fingerprint density at radius 3 is 2.29 bits per heavy atom. The van der Waals surface area contributed by atoms with E-state index < -0.39 is 0 Å². The molecule has 3 heteroatoms. The van der Waals surface area contributed by atoms with Crippen molar-refractivity contribution < 1.29 is 9.53 Å². The van der Waals surface area contributed by atoms with E-state index in [4.69, 9.17) is 4.74 Å². The SMILES string of the molecule is CC.CC/C=C\C=C(C)C.CCOC(=O)c1ccc(C)c(NC)c1. The highest BCUT2D eigenvalue weighted by atomic mass is 16.5. The van der Waals surface area contributed by atoms with Gasteiger partial charge in [0.05, 0.1) is 12.2 Å². The van der Waals surface area contributed by atoms with Gasteiger partial charge in [-0.2, -0.15) is 0 Å². The standard InChI is InChI=1S/C11H15NO2.C8H14.C2H6/c1-4-14-11(13)9-6-5-8(2)10(7-9)12-3;1-4-5-6-7-8(2)3;1-2/h5-7,12H,4H2,1-3H3;5-7H,4H2,1-3H3;1-2H3/b;6-5-;. The molecule has 1 N–H and O–H groups in total. The predicted molar refractivity (Wildman–Crippen MR) is 107 cm³/mol. The van der Waals surface area contributed by atoms with Crippen molar-refractivity contribution in [2.45, 2.75) is 54.9 Å². The summed E-state index contributed by atoms with van der Waals surface area (Å²) in [5.74, 6) is -0.274. The number of carbonyl (C=O) groups excluding carboxylic acids is 1. The molecule has 0 aliphatic rings. The first-order chi connectivity index (χ1) is 11.5. The average Bonchev–Trinajstić information content (AvgIpc) is 2.58. The lowest BCUT2D eigenvalue weighted by molar-refractivity contribution is 0.0526. The van der Waals surface area contributed by atoms with Crippen LogP contribution in [0.4, 0.5) is 5.69 Å². The fourth-order valence-corrected chi connectivity index (χ4v) is 1.63. The summed E-state index contributed by atoms with van der Waals surface area (Å²) in [4.78, 5) is 11.4. The quantitative estimate of drug-likeness (QED) is 0.518. The Bertz CT molecular complexity index is 513. The van der Waals surface area contributed by atoms with Gasteiger partial charge in [-0.25, -0.2) is 4.79 Å². The number of allylic oxidation sites excluding steroid dienone is 4. The largest absolute Gasteiger partial charge is 0.462 e. The summed E-state index contributed by atoms with van der Waals surface area (Å²) < 4.78 is 4.90. The summed E-state index contributed by atoms with van der Waals surface area (Å²) in [5, 5.41) is 3.02. The molecule has 3 nitrogen and oxygen atoms in total. The molecule has 1 rings (SSSR count). The van der Waals surface area contributed by atoms with Crippen LogP contribution < -0.4 is 5.32 Å². The van der Waals surface area contributed by atoms with Crippen molar-refractivity contribution >= 4 is 11.7 Å². The van der Waals surface area contributed by atoms with Gasteiger partial charge in [-0.05, 0) is 51.8 Å². The number of rotatable bonds is 5. The Labute approximate surface area is 148 Å². The number of carbonyl (C=O) groups is 1. The van der Waals surface area contributed by atoms with Crippen molar-refractivity contribution in [3.8, 4) is 0 Å². The third-order valence-corrected chi connectivity index (χ3v) is 2.82. The zero-order chi connectivity index (χ0) is 19.0. The van der Waals surface area contributed by atoms with Crippen LogP contribution in [-0.4, -0.2) is 19.6 Å². The number of benzene rings is 1. The first kappa shape index (κ1) is 24.2. The molecule has 136 valence electrons. The first-order valence-electron chi connectivity index (χ1n) is 8.71. The molecule has 0 saturated carbocycles. The summed E-state index contributed by atoms with van der Waals surface area (Å²) in [6.45, 7) is 14.5. The van der Waals surface area contributed by atoms with E-state index in [2.05, 4.69) is 44.3 Å². The Morgan fingerprint density at radius 2 is 1.83 bits per heavy atom. The van der Waals surface area contributed by atoms with Gasteiger partial charge in [-0.3, -0.25) is 0 Å². The van der Waals surface area contributed by atoms with Crippen molar-refractivity contribution in [2.75, 3.05) is 19.0 Å². The summed E-state index contributed by atoms with van der Waals surface area (Å²) in [6.07, 6.45) is 7.48. The normalized spacial score (nSPS) is 9.17. The lowest BCUT2D eigenvalue weighted by atomic mass is 10.1. The van der Waals surface area contributed by atoms with Crippen LogP contribution >= 0.6 is 0 Å². The minimum Gasteiger partial charge on any atom is -0.462 e. The Kier molecular flexibility index (Phi) is 16.0. The molecule has 0 radical (unpaired) electrons. The summed E-state index contributed by atoms with van der Waals surface area (Å²) in [5.41, 5.74) is 4.01. The molecule has 0 saturated heterocycles. The Morgan fingerprint density at radius 1 is 1.21 bits per heavy atom.